The number of hydrogen-bond acceptors (Lipinski definition) is 1. The zero-order valence-corrected chi connectivity index (χ0v) is 5.35. The summed E-state index contributed by atoms with van der Waals surface area (Å²) < 4.78 is 71.3. The van der Waals surface area contributed by atoms with E-state index in [-0.39, 0.29) is 0 Å². The third kappa shape index (κ3) is 3.49. The maximum Gasteiger partial charge on any atom is 0.306 e. The molecule has 0 aliphatic carbocycles. The highest BCUT2D eigenvalue weighted by atomic mass is 16.4. The molecule has 0 aromatic rings. The molecule has 0 unspecified atom stereocenters. The lowest BCUT2D eigenvalue weighted by Crippen LogP contribution is -2.12. The molecule has 0 fully saturated rings. The van der Waals surface area contributed by atoms with Gasteiger partial charge in [-0.05, 0) is 12.8 Å². The molecule has 60 valence electrons. The molecule has 0 aromatic heterocycles. The van der Waals surface area contributed by atoms with E-state index in [0.717, 1.165) is 0 Å². The van der Waals surface area contributed by atoms with Crippen LogP contribution < -0.4 is 0 Å². The van der Waals surface area contributed by atoms with Crippen LogP contribution in [0.5, 0.6) is 0 Å². The summed E-state index contributed by atoms with van der Waals surface area (Å²) in [5.41, 5.74) is 0. The van der Waals surface area contributed by atoms with Crippen LogP contribution in [0.2, 0.25) is 0 Å². The fraction of sp³-hybridized carbons (Fsp3) is 0.875. The highest BCUT2D eigenvalue weighted by Gasteiger charge is 2.13. The quantitative estimate of drug-likeness (QED) is 0.659. The van der Waals surface area contributed by atoms with Gasteiger partial charge in [0.1, 0.15) is 0 Å². The summed E-state index contributed by atoms with van der Waals surface area (Å²) in [6, 6.07) is 0. The first-order chi connectivity index (χ1) is 8.51. The lowest BCUT2D eigenvalue weighted by Gasteiger charge is -2.07. The number of carboxylic acid groups (broad SMARTS) is 1. The van der Waals surface area contributed by atoms with Gasteiger partial charge in [-0.25, -0.2) is 0 Å². The van der Waals surface area contributed by atoms with Gasteiger partial charge in [-0.1, -0.05) is 26.4 Å². The van der Waals surface area contributed by atoms with Gasteiger partial charge in [0.25, 0.3) is 0 Å². The summed E-state index contributed by atoms with van der Waals surface area (Å²) in [6.07, 6.45) is -7.68. The van der Waals surface area contributed by atoms with Crippen molar-refractivity contribution in [3.05, 3.63) is 0 Å². The molecule has 0 rings (SSSR count). The van der Waals surface area contributed by atoms with Crippen molar-refractivity contribution in [3.63, 3.8) is 0 Å². The average Bonchev–Trinajstić information content (AvgIpc) is 2.11. The molecule has 2 heteroatoms. The zero-order valence-electron chi connectivity index (χ0n) is 15.3. The Morgan fingerprint density at radius 3 is 2.40 bits per heavy atom. The molecular weight excluding hydrogens is 128 g/mol. The minimum absolute atomic E-state index is 0.992. The van der Waals surface area contributed by atoms with Crippen molar-refractivity contribution in [1.82, 2.24) is 0 Å². The summed E-state index contributed by atoms with van der Waals surface area (Å²) in [4.78, 5) is 11.0. The second kappa shape index (κ2) is 5.27. The number of hydrogen-bond donors (Lipinski definition) is 1. The van der Waals surface area contributed by atoms with E-state index in [1.54, 1.807) is 0 Å². The first-order valence-electron chi connectivity index (χ1n) is 7.74. The van der Waals surface area contributed by atoms with Gasteiger partial charge in [-0.3, -0.25) is 4.79 Å². The molecular formula is C8H16O2. The molecule has 10 heavy (non-hydrogen) atoms. The number of aliphatic carboxylic acids is 1. The van der Waals surface area contributed by atoms with Crippen molar-refractivity contribution in [2.24, 2.45) is 5.92 Å². The molecule has 0 saturated carbocycles. The van der Waals surface area contributed by atoms with Crippen molar-refractivity contribution in [2.75, 3.05) is 0 Å². The lowest BCUT2D eigenvalue weighted by atomic mass is 9.99. The van der Waals surface area contributed by atoms with Crippen LogP contribution in [0, 0.1) is 5.92 Å². The van der Waals surface area contributed by atoms with Gasteiger partial charge in [-0.2, -0.15) is 0 Å². The van der Waals surface area contributed by atoms with Crippen LogP contribution in [0.4, 0.5) is 0 Å². The van der Waals surface area contributed by atoms with Gasteiger partial charge in [-0.15, -0.1) is 0 Å². The summed E-state index contributed by atoms with van der Waals surface area (Å²) in [6.45, 7) is -6.15. The predicted octanol–water partition coefficient (Wildman–Crippen LogP) is 2.29. The van der Waals surface area contributed by atoms with Crippen molar-refractivity contribution in [1.29, 1.82) is 0 Å². The SMILES string of the molecule is [2H]C([2H])([2H])C([2H])([2H])CC(CC([2H])([2H])C([2H])([2H])[2H])C(=O)O. The molecule has 0 spiro atoms. The third-order valence-corrected chi connectivity index (χ3v) is 1.05. The van der Waals surface area contributed by atoms with E-state index in [2.05, 4.69) is 0 Å². The first-order valence-corrected chi connectivity index (χ1v) is 2.74. The molecule has 0 radical (unpaired) electrons. The van der Waals surface area contributed by atoms with Crippen LogP contribution in [0.3, 0.4) is 0 Å². The number of carboxylic acids is 1. The Bertz CT molecular complexity index is 327. The van der Waals surface area contributed by atoms with Crippen molar-refractivity contribution in [3.8, 4) is 0 Å². The number of rotatable bonds is 5. The van der Waals surface area contributed by atoms with Crippen molar-refractivity contribution in [2.45, 2.75) is 39.3 Å². The van der Waals surface area contributed by atoms with Gasteiger partial charge < -0.3 is 5.11 Å². The number of carbonyl (C=O) groups is 1. The van der Waals surface area contributed by atoms with E-state index in [9.17, 15) is 4.79 Å². The summed E-state index contributed by atoms with van der Waals surface area (Å²) in [7, 11) is 0. The largest absolute Gasteiger partial charge is 0.481 e. The molecule has 1 N–H and O–H groups in total. The van der Waals surface area contributed by atoms with Gasteiger partial charge in [0, 0.05) is 13.7 Å². The second-order valence-electron chi connectivity index (χ2n) is 1.80. The Morgan fingerprint density at radius 2 is 2.10 bits per heavy atom. The molecule has 0 bridgehead atoms. The zero-order chi connectivity index (χ0) is 16.6. The van der Waals surface area contributed by atoms with E-state index >= 15 is 0 Å². The monoisotopic (exact) mass is 154 g/mol. The smallest absolute Gasteiger partial charge is 0.306 e. The third-order valence-electron chi connectivity index (χ3n) is 1.05. The highest BCUT2D eigenvalue weighted by Crippen LogP contribution is 2.12. The summed E-state index contributed by atoms with van der Waals surface area (Å²) in [5, 5.41) is 8.93. The predicted molar refractivity (Wildman–Crippen MR) is 40.9 cm³/mol. The topological polar surface area (TPSA) is 37.3 Å². The van der Waals surface area contributed by atoms with E-state index in [4.69, 9.17) is 18.8 Å². The fourth-order valence-electron chi connectivity index (χ4n) is 0.493. The molecule has 0 saturated heterocycles. The Balaban J connectivity index is 5.18. The molecule has 0 aromatic carbocycles. The van der Waals surface area contributed by atoms with Crippen molar-refractivity contribution >= 4 is 5.97 Å². The van der Waals surface area contributed by atoms with E-state index in [1.165, 1.54) is 0 Å². The summed E-state index contributed by atoms with van der Waals surface area (Å²) >= 11 is 0. The average molecular weight is 154 g/mol. The Morgan fingerprint density at radius 1 is 1.60 bits per heavy atom. The molecule has 0 aliphatic heterocycles. The maximum atomic E-state index is 11.0. The van der Waals surface area contributed by atoms with Crippen LogP contribution in [0.15, 0.2) is 0 Å². The van der Waals surface area contributed by atoms with E-state index in [0.29, 0.717) is 0 Å². The highest BCUT2D eigenvalue weighted by molar-refractivity contribution is 5.69. The van der Waals surface area contributed by atoms with E-state index in [1.807, 2.05) is 0 Å². The molecule has 0 amide bonds. The van der Waals surface area contributed by atoms with Gasteiger partial charge in [0.05, 0.1) is 5.92 Å². The van der Waals surface area contributed by atoms with Gasteiger partial charge >= 0.3 is 5.97 Å². The molecule has 0 aliphatic rings. The van der Waals surface area contributed by atoms with Gasteiger partial charge in [0.2, 0.25) is 0 Å². The second-order valence-corrected chi connectivity index (χ2v) is 1.80. The maximum absolute atomic E-state index is 11.0. The van der Waals surface area contributed by atoms with Crippen molar-refractivity contribution < 1.29 is 23.6 Å². The molecule has 0 heterocycles. The van der Waals surface area contributed by atoms with Crippen LogP contribution >= 0.6 is 0 Å². The Hall–Kier alpha value is -0.530. The minimum Gasteiger partial charge on any atom is -0.481 e. The van der Waals surface area contributed by atoms with Crippen LogP contribution in [-0.2, 0) is 4.79 Å². The molecule has 0 atom stereocenters. The standard InChI is InChI=1S/C8H16O2/c1-3-5-7(6-4-2)8(9)10/h7H,3-6H2,1-2H3,(H,9,10)/i1D3,2D3,3D2,4D2. The Labute approximate surface area is 76.3 Å². The van der Waals surface area contributed by atoms with Crippen LogP contribution in [0.1, 0.15) is 53.0 Å². The van der Waals surface area contributed by atoms with E-state index < -0.39 is 51.2 Å². The minimum atomic E-state index is -3.08. The van der Waals surface area contributed by atoms with Crippen LogP contribution in [0.25, 0.3) is 0 Å². The fourth-order valence-corrected chi connectivity index (χ4v) is 0.493. The Kier molecular flexibility index (Phi) is 1.05. The van der Waals surface area contributed by atoms with Crippen LogP contribution in [-0.4, -0.2) is 11.1 Å². The molecule has 2 nitrogen and oxygen atoms in total. The van der Waals surface area contributed by atoms with Gasteiger partial charge in [0.15, 0.2) is 0 Å². The first kappa shape index (κ1) is 1.99. The normalized spacial score (nSPS) is 30.5. The summed E-state index contributed by atoms with van der Waals surface area (Å²) in [5.74, 6) is -3.38. The lowest BCUT2D eigenvalue weighted by molar-refractivity contribution is -0.142.